The Balaban J connectivity index is 1.35. The Hall–Kier alpha value is -0.610. The Morgan fingerprint density at radius 2 is 2.05 bits per heavy atom. The summed E-state index contributed by atoms with van der Waals surface area (Å²) in [6.07, 6.45) is 6.24. The lowest BCUT2D eigenvalue weighted by molar-refractivity contribution is -0.191. The van der Waals surface area contributed by atoms with E-state index in [0.717, 1.165) is 56.5 Å². The largest absolute Gasteiger partial charge is 0.436 e. The molecule has 19 heavy (non-hydrogen) atoms. The molecule has 0 aromatic heterocycles. The maximum Gasteiger partial charge on any atom is 0.311 e. The molecular formula is C15H23NO3. The van der Waals surface area contributed by atoms with Gasteiger partial charge < -0.3 is 14.8 Å². The third-order valence-corrected chi connectivity index (χ3v) is 5.70. The van der Waals surface area contributed by atoms with E-state index in [0.29, 0.717) is 6.04 Å². The van der Waals surface area contributed by atoms with Crippen LogP contribution in [0.3, 0.4) is 0 Å². The fraction of sp³-hybridized carbons (Fsp3) is 0.933. The van der Waals surface area contributed by atoms with Crippen molar-refractivity contribution in [1.82, 2.24) is 5.32 Å². The van der Waals surface area contributed by atoms with Gasteiger partial charge in [-0.25, -0.2) is 0 Å². The predicted octanol–water partition coefficient (Wildman–Crippen LogP) is 1.69. The smallest absolute Gasteiger partial charge is 0.311 e. The van der Waals surface area contributed by atoms with Gasteiger partial charge in [-0.15, -0.1) is 0 Å². The summed E-state index contributed by atoms with van der Waals surface area (Å²) in [6, 6.07) is 0.679. The number of carbonyl (C=O) groups is 1. The molecule has 0 amide bonds. The second-order valence-electron chi connectivity index (χ2n) is 6.74. The molecule has 106 valence electrons. The van der Waals surface area contributed by atoms with Crippen LogP contribution in [0.2, 0.25) is 0 Å². The average molecular weight is 265 g/mol. The van der Waals surface area contributed by atoms with Crippen LogP contribution >= 0.6 is 0 Å². The molecule has 4 rings (SSSR count). The lowest BCUT2D eigenvalue weighted by atomic mass is 9.89. The van der Waals surface area contributed by atoms with Gasteiger partial charge in [-0.1, -0.05) is 0 Å². The predicted molar refractivity (Wildman–Crippen MR) is 69.3 cm³/mol. The van der Waals surface area contributed by atoms with Gasteiger partial charge in [0, 0.05) is 12.5 Å². The van der Waals surface area contributed by atoms with Crippen LogP contribution in [0.4, 0.5) is 0 Å². The van der Waals surface area contributed by atoms with Crippen molar-refractivity contribution in [2.24, 2.45) is 23.7 Å². The molecule has 2 bridgehead atoms. The van der Waals surface area contributed by atoms with Crippen molar-refractivity contribution in [3.63, 3.8) is 0 Å². The van der Waals surface area contributed by atoms with E-state index in [1.165, 1.54) is 13.0 Å². The third-order valence-electron chi connectivity index (χ3n) is 5.70. The second kappa shape index (κ2) is 4.74. The summed E-state index contributed by atoms with van der Waals surface area (Å²) in [5.74, 6) is 2.45. The Labute approximate surface area is 114 Å². The van der Waals surface area contributed by atoms with Crippen molar-refractivity contribution in [2.75, 3.05) is 13.2 Å². The fourth-order valence-corrected chi connectivity index (χ4v) is 4.78. The summed E-state index contributed by atoms with van der Waals surface area (Å²) >= 11 is 0. The summed E-state index contributed by atoms with van der Waals surface area (Å²) in [6.45, 7) is 1.90. The molecular weight excluding hydrogens is 242 g/mol. The Morgan fingerprint density at radius 3 is 2.84 bits per heavy atom. The van der Waals surface area contributed by atoms with Crippen molar-refractivity contribution < 1.29 is 14.3 Å². The maximum atomic E-state index is 12.3. The van der Waals surface area contributed by atoms with E-state index >= 15 is 0 Å². The summed E-state index contributed by atoms with van der Waals surface area (Å²) in [7, 11) is 0. The molecule has 0 aromatic carbocycles. The van der Waals surface area contributed by atoms with Crippen molar-refractivity contribution in [3.8, 4) is 0 Å². The Bertz CT molecular complexity index is 348. The van der Waals surface area contributed by atoms with E-state index in [4.69, 9.17) is 9.47 Å². The molecule has 2 aliphatic carbocycles. The lowest BCUT2D eigenvalue weighted by Gasteiger charge is -2.24. The van der Waals surface area contributed by atoms with Gasteiger partial charge in [0.05, 0.1) is 12.5 Å². The van der Waals surface area contributed by atoms with Crippen LogP contribution in [0.15, 0.2) is 0 Å². The number of ether oxygens (including phenoxy) is 2. The third kappa shape index (κ3) is 2.09. The number of nitrogens with one attached hydrogen (secondary N) is 1. The monoisotopic (exact) mass is 265 g/mol. The average Bonchev–Trinajstić information content (AvgIpc) is 3.12. The first-order valence-corrected chi connectivity index (χ1v) is 7.87. The molecule has 6 unspecified atom stereocenters. The van der Waals surface area contributed by atoms with Gasteiger partial charge >= 0.3 is 5.97 Å². The summed E-state index contributed by atoms with van der Waals surface area (Å²) in [5.41, 5.74) is 0. The minimum Gasteiger partial charge on any atom is -0.436 e. The molecule has 2 heterocycles. The molecule has 4 aliphatic rings. The molecule has 0 spiro atoms. The van der Waals surface area contributed by atoms with E-state index in [2.05, 4.69) is 5.32 Å². The van der Waals surface area contributed by atoms with E-state index in [1.807, 2.05) is 0 Å². The first kappa shape index (κ1) is 12.2. The fourth-order valence-electron chi connectivity index (χ4n) is 4.78. The van der Waals surface area contributed by atoms with Gasteiger partial charge in [-0.3, -0.25) is 4.79 Å². The Kier molecular flexibility index (Phi) is 3.03. The van der Waals surface area contributed by atoms with Crippen molar-refractivity contribution >= 4 is 5.97 Å². The molecule has 2 saturated heterocycles. The first-order chi connectivity index (χ1) is 9.31. The molecule has 6 atom stereocenters. The van der Waals surface area contributed by atoms with Crippen LogP contribution in [0, 0.1) is 23.7 Å². The summed E-state index contributed by atoms with van der Waals surface area (Å²) in [5, 5.41) is 3.59. The number of fused-ring (bicyclic) bond motifs is 5. The lowest BCUT2D eigenvalue weighted by Crippen LogP contribution is -2.35. The van der Waals surface area contributed by atoms with Crippen molar-refractivity contribution in [1.29, 1.82) is 0 Å². The molecule has 0 aromatic rings. The number of esters is 1. The van der Waals surface area contributed by atoms with Gasteiger partial charge in [-0.2, -0.15) is 0 Å². The van der Waals surface area contributed by atoms with Gasteiger partial charge in [0.1, 0.15) is 0 Å². The van der Waals surface area contributed by atoms with E-state index in [1.54, 1.807) is 0 Å². The Morgan fingerprint density at radius 1 is 1.16 bits per heavy atom. The summed E-state index contributed by atoms with van der Waals surface area (Å²) < 4.78 is 11.1. The number of rotatable bonds is 2. The number of hydrogen-bond donors (Lipinski definition) is 1. The molecule has 0 radical (unpaired) electrons. The quantitative estimate of drug-likeness (QED) is 0.772. The van der Waals surface area contributed by atoms with Gasteiger partial charge in [-0.05, 0) is 56.4 Å². The molecule has 4 nitrogen and oxygen atoms in total. The highest BCUT2D eigenvalue weighted by atomic mass is 16.7. The highest BCUT2D eigenvalue weighted by Gasteiger charge is 2.53. The van der Waals surface area contributed by atoms with Crippen LogP contribution in [0.25, 0.3) is 0 Å². The van der Waals surface area contributed by atoms with Crippen LogP contribution < -0.4 is 5.32 Å². The van der Waals surface area contributed by atoms with Crippen LogP contribution in [-0.4, -0.2) is 31.5 Å². The van der Waals surface area contributed by atoms with Gasteiger partial charge in [0.25, 0.3) is 0 Å². The highest BCUT2D eigenvalue weighted by molar-refractivity contribution is 5.73. The van der Waals surface area contributed by atoms with E-state index < -0.39 is 0 Å². The van der Waals surface area contributed by atoms with Gasteiger partial charge in [0.2, 0.25) is 6.29 Å². The number of piperidine rings is 1. The molecule has 4 heteroatoms. The SMILES string of the molecule is O=C(OC1CCCCO1)C1CC2C3CNC(C3)C2C1. The summed E-state index contributed by atoms with van der Waals surface area (Å²) in [4.78, 5) is 12.3. The number of hydrogen-bond acceptors (Lipinski definition) is 4. The minimum atomic E-state index is -0.267. The zero-order valence-electron chi connectivity index (χ0n) is 11.3. The van der Waals surface area contributed by atoms with Crippen molar-refractivity contribution in [2.45, 2.75) is 50.9 Å². The highest BCUT2D eigenvalue weighted by Crippen LogP contribution is 2.52. The van der Waals surface area contributed by atoms with Crippen LogP contribution in [0.5, 0.6) is 0 Å². The molecule has 1 N–H and O–H groups in total. The van der Waals surface area contributed by atoms with E-state index in [9.17, 15) is 4.79 Å². The zero-order chi connectivity index (χ0) is 12.8. The van der Waals surface area contributed by atoms with Gasteiger partial charge in [0.15, 0.2) is 0 Å². The van der Waals surface area contributed by atoms with Crippen molar-refractivity contribution in [3.05, 3.63) is 0 Å². The topological polar surface area (TPSA) is 47.6 Å². The normalized spacial score (nSPS) is 48.2. The zero-order valence-corrected chi connectivity index (χ0v) is 11.3. The standard InChI is InChI=1S/C15H23NO3/c17-15(19-14-3-1-2-4-18-14)9-5-11-10-7-13(16-8-10)12(11)6-9/h9-14,16H,1-8H2. The molecule has 4 fully saturated rings. The molecule has 2 aliphatic heterocycles. The second-order valence-corrected chi connectivity index (χ2v) is 6.74. The van der Waals surface area contributed by atoms with E-state index in [-0.39, 0.29) is 18.2 Å². The maximum absolute atomic E-state index is 12.3. The van der Waals surface area contributed by atoms with Crippen LogP contribution in [-0.2, 0) is 14.3 Å². The first-order valence-electron chi connectivity index (χ1n) is 7.87. The van der Waals surface area contributed by atoms with Crippen LogP contribution in [0.1, 0.15) is 38.5 Å². The minimum absolute atomic E-state index is 0.000648. The number of carbonyl (C=O) groups excluding carboxylic acids is 1. The molecule has 2 saturated carbocycles.